The van der Waals surface area contributed by atoms with Crippen molar-refractivity contribution < 1.29 is 9.53 Å². The summed E-state index contributed by atoms with van der Waals surface area (Å²) in [5, 5.41) is 3.47. The highest BCUT2D eigenvalue weighted by atomic mass is 35.5. The monoisotopic (exact) mass is 426 g/mol. The number of aromatic nitrogens is 2. The molecule has 0 aliphatic heterocycles. The van der Waals surface area contributed by atoms with E-state index >= 15 is 0 Å². The first-order valence-electron chi connectivity index (χ1n) is 9.49. The van der Waals surface area contributed by atoms with Crippen molar-refractivity contribution in [3.63, 3.8) is 0 Å². The number of benzene rings is 2. The van der Waals surface area contributed by atoms with Gasteiger partial charge in [0.15, 0.2) is 11.6 Å². The van der Waals surface area contributed by atoms with Gasteiger partial charge in [-0.1, -0.05) is 37.1 Å². The molecule has 9 heteroatoms. The molecule has 3 rings (SSSR count). The molecule has 8 nitrogen and oxygen atoms in total. The smallest absolute Gasteiger partial charge is 0.271 e. The van der Waals surface area contributed by atoms with E-state index in [9.17, 15) is 4.79 Å². The van der Waals surface area contributed by atoms with Crippen molar-refractivity contribution in [3.8, 4) is 5.75 Å². The molecule has 3 aromatic rings. The highest BCUT2D eigenvalue weighted by molar-refractivity contribution is 6.33. The number of hydrogen-bond donors (Lipinski definition) is 4. The second-order valence-corrected chi connectivity index (χ2v) is 6.80. The maximum Gasteiger partial charge on any atom is 0.271 e. The Bertz CT molecular complexity index is 997. The third kappa shape index (κ3) is 5.51. The topological polar surface area (TPSA) is 114 Å². The van der Waals surface area contributed by atoms with Crippen LogP contribution >= 0.6 is 11.6 Å². The van der Waals surface area contributed by atoms with Crippen LogP contribution in [0.5, 0.6) is 5.75 Å². The zero-order chi connectivity index (χ0) is 21.3. The predicted octanol–water partition coefficient (Wildman–Crippen LogP) is 4.39. The maximum atomic E-state index is 12.3. The summed E-state index contributed by atoms with van der Waals surface area (Å²) in [6.07, 6.45) is 3.44. The minimum atomic E-state index is -0.410. The average molecular weight is 427 g/mol. The molecule has 1 amide bonds. The van der Waals surface area contributed by atoms with Crippen LogP contribution in [0.4, 0.5) is 23.0 Å². The van der Waals surface area contributed by atoms with Crippen LogP contribution in [0.25, 0.3) is 0 Å². The molecule has 156 valence electrons. The van der Waals surface area contributed by atoms with E-state index in [0.29, 0.717) is 23.0 Å². The third-order valence-electron chi connectivity index (χ3n) is 4.18. The van der Waals surface area contributed by atoms with Gasteiger partial charge in [0.1, 0.15) is 17.8 Å². The van der Waals surface area contributed by atoms with Crippen molar-refractivity contribution in [2.45, 2.75) is 19.8 Å². The van der Waals surface area contributed by atoms with Crippen molar-refractivity contribution in [1.82, 2.24) is 15.4 Å². The minimum Gasteiger partial charge on any atom is -0.494 e. The molecule has 5 N–H and O–H groups in total. The number of amides is 1. The van der Waals surface area contributed by atoms with Gasteiger partial charge in [-0.25, -0.2) is 9.97 Å². The summed E-state index contributed by atoms with van der Waals surface area (Å²) >= 11 is 6.04. The molecular formula is C21H23ClN6O2. The first-order chi connectivity index (χ1) is 14.6. The quantitative estimate of drug-likeness (QED) is 0.296. The summed E-state index contributed by atoms with van der Waals surface area (Å²) in [6.45, 7) is 2.81. The van der Waals surface area contributed by atoms with Gasteiger partial charge >= 0.3 is 0 Å². The zero-order valence-electron chi connectivity index (χ0n) is 16.5. The standard InChI is InChI=1S/C21H23ClN6O2/c1-2-3-12-30-15-10-8-14(9-11-15)26-19-18(23)20(25-13-24-19)27-28-21(29)16-6-4-5-7-17(16)22/h4-11,13H,2-3,12,23H2,1H3,(H,28,29)(H2,24,25,26,27). The van der Waals surface area contributed by atoms with Crippen LogP contribution in [0.3, 0.4) is 0 Å². The van der Waals surface area contributed by atoms with Crippen LogP contribution in [0.2, 0.25) is 5.02 Å². The van der Waals surface area contributed by atoms with Crippen molar-refractivity contribution in [1.29, 1.82) is 0 Å². The van der Waals surface area contributed by atoms with Gasteiger partial charge in [-0.3, -0.25) is 15.6 Å². The van der Waals surface area contributed by atoms with Crippen molar-refractivity contribution in [3.05, 3.63) is 65.4 Å². The number of ether oxygens (including phenoxy) is 1. The number of halogens is 1. The summed E-state index contributed by atoms with van der Waals surface area (Å²) in [6, 6.07) is 14.2. The van der Waals surface area contributed by atoms with Crippen molar-refractivity contribution in [2.75, 3.05) is 23.1 Å². The van der Waals surface area contributed by atoms with E-state index in [1.165, 1.54) is 6.33 Å². The van der Waals surface area contributed by atoms with E-state index in [2.05, 4.69) is 33.1 Å². The molecule has 0 aliphatic rings. The molecule has 0 atom stereocenters. The average Bonchev–Trinajstić information content (AvgIpc) is 2.76. The molecule has 2 aromatic carbocycles. The highest BCUT2D eigenvalue weighted by Crippen LogP contribution is 2.26. The summed E-state index contributed by atoms with van der Waals surface area (Å²) < 4.78 is 5.66. The molecule has 0 saturated heterocycles. The van der Waals surface area contributed by atoms with Crippen molar-refractivity contribution in [2.24, 2.45) is 0 Å². The second-order valence-electron chi connectivity index (χ2n) is 6.39. The fraction of sp³-hybridized carbons (Fsp3) is 0.190. The molecule has 0 spiro atoms. The fourth-order valence-electron chi connectivity index (χ4n) is 2.53. The highest BCUT2D eigenvalue weighted by Gasteiger charge is 2.12. The number of rotatable bonds is 9. The summed E-state index contributed by atoms with van der Waals surface area (Å²) in [5.74, 6) is 1.05. The second kappa shape index (κ2) is 10.3. The number of anilines is 4. The van der Waals surface area contributed by atoms with Gasteiger partial charge < -0.3 is 15.8 Å². The van der Waals surface area contributed by atoms with Gasteiger partial charge in [-0.05, 0) is 42.8 Å². The zero-order valence-corrected chi connectivity index (χ0v) is 17.2. The molecule has 0 saturated carbocycles. The van der Waals surface area contributed by atoms with Crippen LogP contribution in [0.15, 0.2) is 54.9 Å². The Morgan fingerprint density at radius 1 is 1.10 bits per heavy atom. The number of nitrogen functional groups attached to an aromatic ring is 1. The number of hydrazine groups is 1. The van der Waals surface area contributed by atoms with Gasteiger partial charge in [0, 0.05) is 5.69 Å². The third-order valence-corrected chi connectivity index (χ3v) is 4.51. The first kappa shape index (κ1) is 21.2. The van der Waals surface area contributed by atoms with Crippen LogP contribution in [-0.2, 0) is 0 Å². The number of hydrogen-bond acceptors (Lipinski definition) is 7. The Labute approximate surface area is 179 Å². The summed E-state index contributed by atoms with van der Waals surface area (Å²) in [5.41, 5.74) is 12.8. The number of unbranched alkanes of at least 4 members (excludes halogenated alkanes) is 1. The van der Waals surface area contributed by atoms with E-state index in [4.69, 9.17) is 22.1 Å². The van der Waals surface area contributed by atoms with E-state index < -0.39 is 5.91 Å². The van der Waals surface area contributed by atoms with Gasteiger partial charge in [-0.15, -0.1) is 0 Å². The number of nitrogens with two attached hydrogens (primary N) is 1. The Hall–Kier alpha value is -3.52. The lowest BCUT2D eigenvalue weighted by Gasteiger charge is -2.14. The number of nitrogens with one attached hydrogen (secondary N) is 3. The molecule has 1 heterocycles. The van der Waals surface area contributed by atoms with Crippen molar-refractivity contribution >= 4 is 40.5 Å². The Balaban J connectivity index is 1.63. The van der Waals surface area contributed by atoms with E-state index in [0.717, 1.165) is 24.3 Å². The Morgan fingerprint density at radius 3 is 2.57 bits per heavy atom. The van der Waals surface area contributed by atoms with Crippen LogP contribution in [-0.4, -0.2) is 22.5 Å². The lowest BCUT2D eigenvalue weighted by molar-refractivity contribution is 0.0962. The van der Waals surface area contributed by atoms with E-state index in [1.807, 2.05) is 24.3 Å². The molecule has 1 aromatic heterocycles. The Kier molecular flexibility index (Phi) is 7.29. The number of carbonyl (C=O) groups excluding carboxylic acids is 1. The number of nitrogens with zero attached hydrogens (tertiary/aromatic N) is 2. The molecule has 0 radical (unpaired) electrons. The molecule has 30 heavy (non-hydrogen) atoms. The molecule has 0 unspecified atom stereocenters. The van der Waals surface area contributed by atoms with Crippen LogP contribution in [0, 0.1) is 0 Å². The maximum absolute atomic E-state index is 12.3. The lowest BCUT2D eigenvalue weighted by atomic mass is 10.2. The van der Waals surface area contributed by atoms with E-state index in [-0.39, 0.29) is 11.5 Å². The molecule has 0 bridgehead atoms. The largest absolute Gasteiger partial charge is 0.494 e. The SMILES string of the molecule is CCCCOc1ccc(Nc2ncnc(NNC(=O)c3ccccc3Cl)c2N)cc1. The van der Waals surface area contributed by atoms with Crippen LogP contribution in [0.1, 0.15) is 30.1 Å². The van der Waals surface area contributed by atoms with Gasteiger partial charge in [0.05, 0.1) is 17.2 Å². The predicted molar refractivity (Wildman–Crippen MR) is 119 cm³/mol. The summed E-state index contributed by atoms with van der Waals surface area (Å²) in [4.78, 5) is 20.5. The van der Waals surface area contributed by atoms with E-state index in [1.54, 1.807) is 24.3 Å². The van der Waals surface area contributed by atoms with Gasteiger partial charge in [0.25, 0.3) is 5.91 Å². The normalized spacial score (nSPS) is 10.3. The first-order valence-corrected chi connectivity index (χ1v) is 9.87. The molecule has 0 fully saturated rings. The fourth-order valence-corrected chi connectivity index (χ4v) is 2.75. The van der Waals surface area contributed by atoms with Gasteiger partial charge in [-0.2, -0.15) is 0 Å². The molecule has 0 aliphatic carbocycles. The molecular weight excluding hydrogens is 404 g/mol. The van der Waals surface area contributed by atoms with Crippen LogP contribution < -0.4 is 26.6 Å². The minimum absolute atomic E-state index is 0.250. The lowest BCUT2D eigenvalue weighted by Crippen LogP contribution is -2.30. The Morgan fingerprint density at radius 2 is 1.83 bits per heavy atom. The number of carbonyl (C=O) groups is 1. The van der Waals surface area contributed by atoms with Gasteiger partial charge in [0.2, 0.25) is 0 Å². The summed E-state index contributed by atoms with van der Waals surface area (Å²) in [7, 11) is 0.